The number of halogens is 1. The molecule has 0 fully saturated rings. The highest BCUT2D eigenvalue weighted by molar-refractivity contribution is 9.10. The predicted molar refractivity (Wildman–Crippen MR) is 71.2 cm³/mol. The van der Waals surface area contributed by atoms with Gasteiger partial charge in [0.25, 0.3) is 5.91 Å². The Kier molecular flexibility index (Phi) is 3.39. The number of carbonyl (C=O) groups excluding carboxylic acids is 1. The molecule has 1 aromatic heterocycles. The fourth-order valence-corrected chi connectivity index (χ4v) is 2.16. The largest absolute Gasteiger partial charge is 0.398 e. The first-order chi connectivity index (χ1) is 8.08. The third kappa shape index (κ3) is 2.62. The molecule has 2 aromatic rings. The molecule has 1 heterocycles. The van der Waals surface area contributed by atoms with Crippen LogP contribution in [0, 0.1) is 6.92 Å². The van der Waals surface area contributed by atoms with Crippen molar-refractivity contribution in [2.75, 3.05) is 11.1 Å². The highest BCUT2D eigenvalue weighted by Gasteiger charge is 2.13. The van der Waals surface area contributed by atoms with Gasteiger partial charge < -0.3 is 11.1 Å². The number of carbonyl (C=O) groups is 1. The van der Waals surface area contributed by atoms with Crippen molar-refractivity contribution in [3.05, 3.63) is 33.2 Å². The number of rotatable bonds is 2. The molecule has 0 saturated carbocycles. The van der Waals surface area contributed by atoms with Crippen molar-refractivity contribution in [1.29, 1.82) is 0 Å². The van der Waals surface area contributed by atoms with E-state index in [0.717, 1.165) is 16.0 Å². The summed E-state index contributed by atoms with van der Waals surface area (Å²) in [4.78, 5) is 12.4. The molecule has 0 spiro atoms. The number of hydrogen-bond donors (Lipinski definition) is 2. The summed E-state index contributed by atoms with van der Waals surface area (Å²) in [7, 11) is 0. The van der Waals surface area contributed by atoms with E-state index in [2.05, 4.69) is 30.8 Å². The third-order valence-electron chi connectivity index (χ3n) is 2.12. The Morgan fingerprint density at radius 2 is 2.29 bits per heavy atom. The summed E-state index contributed by atoms with van der Waals surface area (Å²) in [6, 6.07) is 5.20. The molecule has 0 radical (unpaired) electrons. The van der Waals surface area contributed by atoms with E-state index in [1.54, 1.807) is 25.1 Å². The maximum atomic E-state index is 11.9. The molecule has 0 aliphatic heterocycles. The second kappa shape index (κ2) is 4.80. The molecule has 0 bridgehead atoms. The molecule has 7 heteroatoms. The van der Waals surface area contributed by atoms with Crippen LogP contribution in [0.25, 0.3) is 0 Å². The minimum absolute atomic E-state index is 0.214. The van der Waals surface area contributed by atoms with Crippen LogP contribution in [0.3, 0.4) is 0 Å². The van der Waals surface area contributed by atoms with Crippen LogP contribution < -0.4 is 11.1 Å². The van der Waals surface area contributed by atoms with Crippen molar-refractivity contribution < 1.29 is 4.79 Å². The number of aromatic nitrogens is 2. The molecule has 1 amide bonds. The number of hydrogen-bond acceptors (Lipinski definition) is 5. The standard InChI is InChI=1S/C10H9BrN4OS/c1-5-9(17-15-14-5)10(16)13-6-2-3-8(12)7(11)4-6/h2-4H,12H2,1H3,(H,13,16). The molecule has 88 valence electrons. The summed E-state index contributed by atoms with van der Waals surface area (Å²) in [6.07, 6.45) is 0. The monoisotopic (exact) mass is 312 g/mol. The molecule has 3 N–H and O–H groups in total. The lowest BCUT2D eigenvalue weighted by atomic mass is 10.3. The minimum atomic E-state index is -0.214. The van der Waals surface area contributed by atoms with Gasteiger partial charge in [0.1, 0.15) is 4.88 Å². The number of amides is 1. The van der Waals surface area contributed by atoms with E-state index >= 15 is 0 Å². The van der Waals surface area contributed by atoms with E-state index < -0.39 is 0 Å². The fourth-order valence-electron chi connectivity index (χ4n) is 1.23. The van der Waals surface area contributed by atoms with Gasteiger partial charge >= 0.3 is 0 Å². The SMILES string of the molecule is Cc1nnsc1C(=O)Nc1ccc(N)c(Br)c1. The number of nitrogens with two attached hydrogens (primary N) is 1. The van der Waals surface area contributed by atoms with Crippen LogP contribution >= 0.6 is 27.5 Å². The minimum Gasteiger partial charge on any atom is -0.398 e. The molecule has 0 saturated heterocycles. The summed E-state index contributed by atoms with van der Waals surface area (Å²) in [5.74, 6) is -0.214. The molecule has 2 rings (SSSR count). The van der Waals surface area contributed by atoms with E-state index in [-0.39, 0.29) is 5.91 Å². The van der Waals surface area contributed by atoms with Crippen LogP contribution in [0.4, 0.5) is 11.4 Å². The smallest absolute Gasteiger partial charge is 0.269 e. The Morgan fingerprint density at radius 1 is 1.53 bits per heavy atom. The van der Waals surface area contributed by atoms with Crippen LogP contribution in [0.5, 0.6) is 0 Å². The lowest BCUT2D eigenvalue weighted by Crippen LogP contribution is -2.11. The fraction of sp³-hybridized carbons (Fsp3) is 0.100. The van der Waals surface area contributed by atoms with Gasteiger partial charge in [-0.25, -0.2) is 0 Å². The van der Waals surface area contributed by atoms with Crippen LogP contribution in [-0.2, 0) is 0 Å². The highest BCUT2D eigenvalue weighted by Crippen LogP contribution is 2.23. The molecule has 0 aliphatic carbocycles. The van der Waals surface area contributed by atoms with Crippen molar-refractivity contribution in [2.24, 2.45) is 0 Å². The van der Waals surface area contributed by atoms with Crippen LogP contribution in [-0.4, -0.2) is 15.5 Å². The van der Waals surface area contributed by atoms with Gasteiger partial charge in [-0.3, -0.25) is 4.79 Å². The summed E-state index contributed by atoms with van der Waals surface area (Å²) < 4.78 is 4.46. The number of nitrogens with zero attached hydrogens (tertiary/aromatic N) is 2. The van der Waals surface area contributed by atoms with Gasteiger partial charge in [0.15, 0.2) is 0 Å². The van der Waals surface area contributed by atoms with E-state index in [4.69, 9.17) is 5.73 Å². The van der Waals surface area contributed by atoms with Crippen LogP contribution in [0.15, 0.2) is 22.7 Å². The Labute approximate surface area is 110 Å². The summed E-state index contributed by atoms with van der Waals surface area (Å²) in [5.41, 5.74) is 7.58. The van der Waals surface area contributed by atoms with E-state index in [1.807, 2.05) is 0 Å². The van der Waals surface area contributed by atoms with Gasteiger partial charge in [-0.1, -0.05) is 4.49 Å². The number of aryl methyl sites for hydroxylation is 1. The van der Waals surface area contributed by atoms with Gasteiger partial charge in [0.05, 0.1) is 5.69 Å². The Hall–Kier alpha value is -1.47. The van der Waals surface area contributed by atoms with Crippen LogP contribution in [0.1, 0.15) is 15.4 Å². The highest BCUT2D eigenvalue weighted by atomic mass is 79.9. The van der Waals surface area contributed by atoms with Crippen molar-refractivity contribution in [3.63, 3.8) is 0 Å². The predicted octanol–water partition coefficient (Wildman–Crippen LogP) is 2.44. The lowest BCUT2D eigenvalue weighted by molar-refractivity contribution is 0.103. The topological polar surface area (TPSA) is 80.9 Å². The number of benzene rings is 1. The third-order valence-corrected chi connectivity index (χ3v) is 3.63. The number of nitrogen functional groups attached to an aromatic ring is 1. The Morgan fingerprint density at radius 3 is 2.88 bits per heavy atom. The van der Waals surface area contributed by atoms with Gasteiger partial charge in [-0.15, -0.1) is 5.10 Å². The zero-order valence-electron chi connectivity index (χ0n) is 8.90. The lowest BCUT2D eigenvalue weighted by Gasteiger charge is -2.05. The maximum absolute atomic E-state index is 11.9. The quantitative estimate of drug-likeness (QED) is 0.835. The first kappa shape index (κ1) is 12.0. The van der Waals surface area contributed by atoms with E-state index in [9.17, 15) is 4.79 Å². The molecule has 0 aliphatic rings. The maximum Gasteiger partial charge on any atom is 0.269 e. The summed E-state index contributed by atoms with van der Waals surface area (Å²) >= 11 is 4.38. The van der Waals surface area contributed by atoms with E-state index in [0.29, 0.717) is 21.9 Å². The average molecular weight is 313 g/mol. The first-order valence-corrected chi connectivity index (χ1v) is 6.30. The molecular formula is C10H9BrN4OS. The molecule has 0 atom stereocenters. The molecule has 1 aromatic carbocycles. The first-order valence-electron chi connectivity index (χ1n) is 4.73. The van der Waals surface area contributed by atoms with Crippen molar-refractivity contribution in [1.82, 2.24) is 9.59 Å². The average Bonchev–Trinajstić information content (AvgIpc) is 2.70. The van der Waals surface area contributed by atoms with Crippen molar-refractivity contribution in [2.45, 2.75) is 6.92 Å². The van der Waals surface area contributed by atoms with Crippen molar-refractivity contribution >= 4 is 44.7 Å². The summed E-state index contributed by atoms with van der Waals surface area (Å²) in [5, 5.41) is 6.55. The molecule has 0 unspecified atom stereocenters. The Balaban J connectivity index is 2.19. The second-order valence-corrected chi connectivity index (χ2v) is 4.99. The van der Waals surface area contributed by atoms with Crippen LogP contribution in [0.2, 0.25) is 0 Å². The van der Waals surface area contributed by atoms with Gasteiger partial charge in [-0.2, -0.15) is 0 Å². The number of anilines is 2. The van der Waals surface area contributed by atoms with Gasteiger partial charge in [0.2, 0.25) is 0 Å². The molecule has 5 nitrogen and oxygen atoms in total. The zero-order valence-corrected chi connectivity index (χ0v) is 11.3. The summed E-state index contributed by atoms with van der Waals surface area (Å²) in [6.45, 7) is 1.75. The molecular weight excluding hydrogens is 304 g/mol. The van der Waals surface area contributed by atoms with E-state index in [1.165, 1.54) is 0 Å². The van der Waals surface area contributed by atoms with Crippen molar-refractivity contribution in [3.8, 4) is 0 Å². The zero-order chi connectivity index (χ0) is 12.4. The second-order valence-electron chi connectivity index (χ2n) is 3.38. The van der Waals surface area contributed by atoms with Gasteiger partial charge in [-0.05, 0) is 52.6 Å². The Bertz CT molecular complexity index is 569. The normalized spacial score (nSPS) is 10.2. The number of nitrogens with one attached hydrogen (secondary N) is 1. The molecule has 17 heavy (non-hydrogen) atoms. The van der Waals surface area contributed by atoms with Gasteiger partial charge in [0, 0.05) is 15.8 Å².